The van der Waals surface area contributed by atoms with Crippen LogP contribution in [0.4, 0.5) is 0 Å². The predicted octanol–water partition coefficient (Wildman–Crippen LogP) is 5.81. The summed E-state index contributed by atoms with van der Waals surface area (Å²) in [6, 6.07) is 9.20. The second kappa shape index (κ2) is 18.0. The van der Waals surface area contributed by atoms with Crippen LogP contribution in [0.25, 0.3) is 0 Å². The van der Waals surface area contributed by atoms with Crippen molar-refractivity contribution >= 4 is 5.91 Å². The first-order chi connectivity index (χ1) is 19.8. The van der Waals surface area contributed by atoms with Crippen LogP contribution in [0, 0.1) is 0 Å². The van der Waals surface area contributed by atoms with Gasteiger partial charge in [-0.3, -0.25) is 4.79 Å². The fourth-order valence-electron chi connectivity index (χ4n) is 5.47. The molecule has 1 aromatic rings. The van der Waals surface area contributed by atoms with E-state index in [0.29, 0.717) is 6.61 Å². The minimum absolute atomic E-state index is 0.185. The number of nitrogens with one attached hydrogen (secondary N) is 1. The third-order valence-electron chi connectivity index (χ3n) is 7.77. The van der Waals surface area contributed by atoms with Gasteiger partial charge in [-0.25, -0.2) is 0 Å². The molecule has 3 rings (SSSR count). The van der Waals surface area contributed by atoms with E-state index in [1.165, 1.54) is 44.9 Å². The molecule has 8 heteroatoms. The monoisotopic (exact) mass is 575 g/mol. The van der Waals surface area contributed by atoms with Gasteiger partial charge in [0.15, 0.2) is 12.1 Å². The summed E-state index contributed by atoms with van der Waals surface area (Å²) in [5, 5.41) is 14.3. The number of carbonyl (C=O) groups excluding carboxylic acids is 1. The Morgan fingerprint density at radius 2 is 1.80 bits per heavy atom. The van der Waals surface area contributed by atoms with Gasteiger partial charge >= 0.3 is 0 Å². The number of aliphatic hydroxyl groups excluding tert-OH is 1. The number of carbonyl (C=O) groups is 1. The second-order valence-electron chi connectivity index (χ2n) is 11.8. The van der Waals surface area contributed by atoms with Gasteiger partial charge in [0.1, 0.15) is 24.4 Å². The molecule has 0 bridgehead atoms. The smallest absolute Gasteiger partial charge is 0.223 e. The Balaban J connectivity index is 1.56. The van der Waals surface area contributed by atoms with Crippen LogP contribution in [0.3, 0.4) is 0 Å². The van der Waals surface area contributed by atoms with Crippen LogP contribution in [-0.4, -0.2) is 66.8 Å². The first kappa shape index (κ1) is 33.7. The van der Waals surface area contributed by atoms with Crippen molar-refractivity contribution < 1.29 is 33.6 Å². The average molecular weight is 576 g/mol. The SMILES string of the molecule is C=CCO[C@H]1O[C@@H]2COC(C)(C)O[C@H]2[C@H](O)[C@H]1NC(=O)C[C@H](CCCCCCCCCCC)OCc1ccccc1. The fourth-order valence-corrected chi connectivity index (χ4v) is 5.47. The van der Waals surface area contributed by atoms with Crippen LogP contribution >= 0.6 is 0 Å². The van der Waals surface area contributed by atoms with Crippen molar-refractivity contribution in [1.29, 1.82) is 0 Å². The van der Waals surface area contributed by atoms with Crippen molar-refractivity contribution in [3.05, 3.63) is 48.6 Å². The highest BCUT2D eigenvalue weighted by Gasteiger charge is 2.51. The molecule has 41 heavy (non-hydrogen) atoms. The molecule has 2 saturated heterocycles. The van der Waals surface area contributed by atoms with Gasteiger partial charge in [-0.1, -0.05) is 101 Å². The topological polar surface area (TPSA) is 95.5 Å². The maximum Gasteiger partial charge on any atom is 0.223 e. The molecule has 232 valence electrons. The van der Waals surface area contributed by atoms with Crippen LogP contribution in [0.2, 0.25) is 0 Å². The van der Waals surface area contributed by atoms with Gasteiger partial charge in [0.05, 0.1) is 32.3 Å². The molecule has 1 amide bonds. The zero-order valence-corrected chi connectivity index (χ0v) is 25.4. The summed E-state index contributed by atoms with van der Waals surface area (Å²) < 4.78 is 29.8. The molecule has 2 fully saturated rings. The maximum atomic E-state index is 13.3. The van der Waals surface area contributed by atoms with Crippen LogP contribution in [0.15, 0.2) is 43.0 Å². The summed E-state index contributed by atoms with van der Waals surface area (Å²) in [6.07, 6.45) is 10.5. The Bertz CT molecular complexity index is 880. The highest BCUT2D eigenvalue weighted by atomic mass is 16.8. The van der Waals surface area contributed by atoms with Crippen molar-refractivity contribution in [3.63, 3.8) is 0 Å². The first-order valence-corrected chi connectivity index (χ1v) is 15.7. The average Bonchev–Trinajstić information content (AvgIpc) is 2.96. The van der Waals surface area contributed by atoms with Crippen LogP contribution < -0.4 is 5.32 Å². The lowest BCUT2D eigenvalue weighted by Gasteiger charge is -2.49. The lowest BCUT2D eigenvalue weighted by molar-refractivity contribution is -0.368. The Hall–Kier alpha value is -1.81. The molecule has 1 aromatic carbocycles. The zero-order chi connectivity index (χ0) is 29.5. The number of hydrogen-bond donors (Lipinski definition) is 2. The largest absolute Gasteiger partial charge is 0.388 e. The number of benzene rings is 1. The number of amides is 1. The van der Waals surface area contributed by atoms with E-state index < -0.39 is 36.4 Å². The van der Waals surface area contributed by atoms with Crippen molar-refractivity contribution in [2.24, 2.45) is 0 Å². The molecule has 2 N–H and O–H groups in total. The number of unbranched alkanes of at least 4 members (excludes halogenated alkanes) is 8. The van der Waals surface area contributed by atoms with Crippen LogP contribution in [0.1, 0.15) is 97.0 Å². The molecule has 0 aromatic heterocycles. The van der Waals surface area contributed by atoms with E-state index in [-0.39, 0.29) is 31.6 Å². The van der Waals surface area contributed by atoms with Crippen molar-refractivity contribution in [2.45, 2.75) is 141 Å². The Morgan fingerprint density at radius 3 is 2.49 bits per heavy atom. The molecular weight excluding hydrogens is 522 g/mol. The van der Waals surface area contributed by atoms with Gasteiger partial charge < -0.3 is 34.1 Å². The van der Waals surface area contributed by atoms with E-state index in [4.69, 9.17) is 23.7 Å². The molecule has 8 nitrogen and oxygen atoms in total. The minimum atomic E-state index is -1.03. The van der Waals surface area contributed by atoms with Crippen LogP contribution in [0.5, 0.6) is 0 Å². The van der Waals surface area contributed by atoms with E-state index in [1.54, 1.807) is 19.9 Å². The van der Waals surface area contributed by atoms with Crippen molar-refractivity contribution in [1.82, 2.24) is 5.32 Å². The third-order valence-corrected chi connectivity index (χ3v) is 7.77. The summed E-state index contributed by atoms with van der Waals surface area (Å²) in [7, 11) is 0. The molecule has 6 atom stereocenters. The molecule has 0 unspecified atom stereocenters. The molecular formula is C33H53NO7. The fraction of sp³-hybridized carbons (Fsp3) is 0.727. The standard InChI is InChI=1S/C33H53NO7/c1-5-7-8-9-10-11-12-13-17-20-26(38-23-25-18-15-14-16-19-25)22-28(35)34-29-30(36)31-27(24-39-33(3,4)41-31)40-32(29)37-21-6-2/h6,14-16,18-19,26-27,29-32,36H,2,5,7-13,17,20-24H2,1,3-4H3,(H,34,35)/t26-,27+,29+,30+,31+,32-/m0/s1. The normalized spacial score (nSPS) is 26.2. The van der Waals surface area contributed by atoms with Crippen LogP contribution in [-0.2, 0) is 35.1 Å². The summed E-state index contributed by atoms with van der Waals surface area (Å²) >= 11 is 0. The van der Waals surface area contributed by atoms with E-state index in [0.717, 1.165) is 24.8 Å². The third kappa shape index (κ3) is 11.8. The van der Waals surface area contributed by atoms with Gasteiger partial charge in [-0.2, -0.15) is 0 Å². The molecule has 2 aliphatic rings. The summed E-state index contributed by atoms with van der Waals surface area (Å²) in [5.41, 5.74) is 1.07. The maximum absolute atomic E-state index is 13.3. The molecule has 0 radical (unpaired) electrons. The zero-order valence-electron chi connectivity index (χ0n) is 25.4. The number of aliphatic hydroxyl groups is 1. The summed E-state index contributed by atoms with van der Waals surface area (Å²) in [6.45, 7) is 10.5. The Labute approximate surface area is 247 Å². The first-order valence-electron chi connectivity index (χ1n) is 15.7. The molecule has 2 heterocycles. The van der Waals surface area contributed by atoms with E-state index in [2.05, 4.69) is 18.8 Å². The summed E-state index contributed by atoms with van der Waals surface area (Å²) in [4.78, 5) is 13.3. The van der Waals surface area contributed by atoms with Crippen molar-refractivity contribution in [2.75, 3.05) is 13.2 Å². The molecule has 0 spiro atoms. The van der Waals surface area contributed by atoms with Gasteiger partial charge in [0.2, 0.25) is 5.91 Å². The number of fused-ring (bicyclic) bond motifs is 1. The van der Waals surface area contributed by atoms with E-state index >= 15 is 0 Å². The highest BCUT2D eigenvalue weighted by Crippen LogP contribution is 2.33. The predicted molar refractivity (Wildman–Crippen MR) is 159 cm³/mol. The van der Waals surface area contributed by atoms with Gasteiger partial charge in [-0.05, 0) is 25.8 Å². The Morgan fingerprint density at radius 1 is 1.12 bits per heavy atom. The van der Waals surface area contributed by atoms with E-state index in [1.807, 2.05) is 30.3 Å². The highest BCUT2D eigenvalue weighted by molar-refractivity contribution is 5.77. The lowest BCUT2D eigenvalue weighted by Crippen LogP contribution is -2.68. The second-order valence-corrected chi connectivity index (χ2v) is 11.8. The van der Waals surface area contributed by atoms with E-state index in [9.17, 15) is 9.90 Å². The molecule has 0 aliphatic carbocycles. The molecule has 0 saturated carbocycles. The summed E-state index contributed by atoms with van der Waals surface area (Å²) in [5.74, 6) is -1.08. The number of rotatable bonds is 19. The number of ether oxygens (including phenoxy) is 5. The molecule has 2 aliphatic heterocycles. The lowest BCUT2D eigenvalue weighted by atomic mass is 9.95. The van der Waals surface area contributed by atoms with Gasteiger partial charge in [0.25, 0.3) is 0 Å². The number of hydrogen-bond acceptors (Lipinski definition) is 7. The van der Waals surface area contributed by atoms with Gasteiger partial charge in [0, 0.05) is 0 Å². The Kier molecular flexibility index (Phi) is 14.8. The minimum Gasteiger partial charge on any atom is -0.388 e. The quantitative estimate of drug-likeness (QED) is 0.159. The van der Waals surface area contributed by atoms with Gasteiger partial charge in [-0.15, -0.1) is 6.58 Å². The van der Waals surface area contributed by atoms with Crippen molar-refractivity contribution in [3.8, 4) is 0 Å².